The summed E-state index contributed by atoms with van der Waals surface area (Å²) in [5.41, 5.74) is 10.7. The van der Waals surface area contributed by atoms with E-state index in [9.17, 15) is 29.1 Å². The quantitative estimate of drug-likeness (QED) is 0.136. The first-order chi connectivity index (χ1) is 13.8. The van der Waals surface area contributed by atoms with Gasteiger partial charge in [-0.25, -0.2) is 4.79 Å². The molecule has 0 aliphatic rings. The van der Waals surface area contributed by atoms with Crippen LogP contribution in [0.3, 0.4) is 0 Å². The van der Waals surface area contributed by atoms with Crippen LogP contribution < -0.4 is 27.4 Å². The maximum atomic E-state index is 12.6. The lowest BCUT2D eigenvalue weighted by Crippen LogP contribution is -2.59. The van der Waals surface area contributed by atoms with Crippen LogP contribution in [-0.2, 0) is 24.0 Å². The van der Waals surface area contributed by atoms with Crippen molar-refractivity contribution < 1.29 is 34.2 Å². The highest BCUT2D eigenvalue weighted by Crippen LogP contribution is 2.07. The Bertz CT molecular complexity index is 644. The SMILES string of the molecule is CC(C)CC(NC(=O)C(CC(N)=O)NC(=O)C(N)CS)C(=O)NC(C(=O)O)C(C)O. The van der Waals surface area contributed by atoms with Crippen LogP contribution in [0.4, 0.5) is 0 Å². The second-order valence-electron chi connectivity index (χ2n) is 7.28. The molecule has 0 saturated heterocycles. The van der Waals surface area contributed by atoms with Gasteiger partial charge in [-0.3, -0.25) is 19.2 Å². The molecule has 0 aromatic carbocycles. The van der Waals surface area contributed by atoms with Crippen LogP contribution in [0.2, 0.25) is 0 Å². The first kappa shape index (κ1) is 27.6. The number of carboxylic acids is 1. The Kier molecular flexibility index (Phi) is 12.0. The molecular formula is C17H31N5O7S. The minimum absolute atomic E-state index is 0.00888. The molecule has 0 aliphatic heterocycles. The average Bonchev–Trinajstić information content (AvgIpc) is 2.62. The number of carbonyl (C=O) groups is 5. The number of nitrogens with two attached hydrogens (primary N) is 2. The van der Waals surface area contributed by atoms with Crippen LogP contribution in [0.25, 0.3) is 0 Å². The number of primary amides is 1. The first-order valence-electron chi connectivity index (χ1n) is 9.26. The lowest BCUT2D eigenvalue weighted by atomic mass is 10.0. The molecule has 172 valence electrons. The minimum Gasteiger partial charge on any atom is -0.480 e. The standard InChI is InChI=1S/C17H31N5O7S/c1-7(2)4-10(16(27)22-13(8(3)23)17(28)29)21-15(26)11(5-12(19)24)20-14(25)9(18)6-30/h7-11,13,23,30H,4-6,18H2,1-3H3,(H2,19,24)(H,20,25)(H,21,26)(H,22,27)(H,28,29). The van der Waals surface area contributed by atoms with E-state index < -0.39 is 66.3 Å². The summed E-state index contributed by atoms with van der Waals surface area (Å²) in [5, 5.41) is 25.5. The van der Waals surface area contributed by atoms with Crippen molar-refractivity contribution in [2.24, 2.45) is 17.4 Å². The second-order valence-corrected chi connectivity index (χ2v) is 7.64. The van der Waals surface area contributed by atoms with Gasteiger partial charge >= 0.3 is 5.97 Å². The molecular weight excluding hydrogens is 418 g/mol. The fraction of sp³-hybridized carbons (Fsp3) is 0.706. The Labute approximate surface area is 179 Å². The Balaban J connectivity index is 5.48. The molecule has 0 aliphatic carbocycles. The molecule has 0 heterocycles. The number of amides is 4. The zero-order valence-corrected chi connectivity index (χ0v) is 18.0. The van der Waals surface area contributed by atoms with Crippen molar-refractivity contribution in [3.63, 3.8) is 0 Å². The number of rotatable bonds is 13. The summed E-state index contributed by atoms with van der Waals surface area (Å²) in [4.78, 5) is 59.7. The van der Waals surface area contributed by atoms with Crippen LogP contribution in [0, 0.1) is 5.92 Å². The van der Waals surface area contributed by atoms with Gasteiger partial charge in [-0.1, -0.05) is 13.8 Å². The van der Waals surface area contributed by atoms with Gasteiger partial charge in [0.15, 0.2) is 6.04 Å². The van der Waals surface area contributed by atoms with Gasteiger partial charge in [0.1, 0.15) is 12.1 Å². The zero-order chi connectivity index (χ0) is 23.6. The number of aliphatic carboxylic acids is 1. The summed E-state index contributed by atoms with van der Waals surface area (Å²) < 4.78 is 0. The molecule has 0 aromatic heterocycles. The normalized spacial score (nSPS) is 16.0. The van der Waals surface area contributed by atoms with Crippen molar-refractivity contribution >= 4 is 42.2 Å². The van der Waals surface area contributed by atoms with Gasteiger partial charge < -0.3 is 37.6 Å². The number of nitrogens with one attached hydrogen (secondary N) is 3. The molecule has 12 nitrogen and oxygen atoms in total. The Morgan fingerprint density at radius 3 is 1.83 bits per heavy atom. The predicted molar refractivity (Wildman–Crippen MR) is 110 cm³/mol. The van der Waals surface area contributed by atoms with Gasteiger partial charge in [0.05, 0.1) is 18.6 Å². The lowest BCUT2D eigenvalue weighted by molar-refractivity contribution is -0.145. The number of thiol groups is 1. The van der Waals surface area contributed by atoms with Gasteiger partial charge in [-0.15, -0.1) is 0 Å². The highest BCUT2D eigenvalue weighted by atomic mass is 32.1. The zero-order valence-electron chi connectivity index (χ0n) is 17.1. The fourth-order valence-electron chi connectivity index (χ4n) is 2.39. The lowest BCUT2D eigenvalue weighted by Gasteiger charge is -2.26. The van der Waals surface area contributed by atoms with Crippen LogP contribution in [0.1, 0.15) is 33.6 Å². The highest BCUT2D eigenvalue weighted by Gasteiger charge is 2.32. The van der Waals surface area contributed by atoms with E-state index in [0.717, 1.165) is 0 Å². The minimum atomic E-state index is -1.58. The third kappa shape index (κ3) is 9.89. The first-order valence-corrected chi connectivity index (χ1v) is 9.90. The summed E-state index contributed by atoms with van der Waals surface area (Å²) in [7, 11) is 0. The molecule has 0 rings (SSSR count). The van der Waals surface area contributed by atoms with Crippen molar-refractivity contribution in [2.75, 3.05) is 5.75 Å². The van der Waals surface area contributed by atoms with E-state index >= 15 is 0 Å². The second kappa shape index (κ2) is 13.0. The third-order valence-electron chi connectivity index (χ3n) is 3.96. The van der Waals surface area contributed by atoms with Crippen molar-refractivity contribution in [3.05, 3.63) is 0 Å². The van der Waals surface area contributed by atoms with Crippen LogP contribution >= 0.6 is 12.6 Å². The Morgan fingerprint density at radius 1 is 0.933 bits per heavy atom. The van der Waals surface area contributed by atoms with E-state index in [2.05, 4.69) is 28.6 Å². The molecule has 30 heavy (non-hydrogen) atoms. The van der Waals surface area contributed by atoms with E-state index in [1.54, 1.807) is 13.8 Å². The molecule has 0 radical (unpaired) electrons. The third-order valence-corrected chi connectivity index (χ3v) is 4.35. The van der Waals surface area contributed by atoms with Gasteiger partial charge in [-0.2, -0.15) is 12.6 Å². The van der Waals surface area contributed by atoms with Crippen LogP contribution in [0.15, 0.2) is 0 Å². The smallest absolute Gasteiger partial charge is 0.328 e. The Morgan fingerprint density at radius 2 is 1.43 bits per heavy atom. The number of carbonyl (C=O) groups excluding carboxylic acids is 4. The van der Waals surface area contributed by atoms with E-state index in [1.165, 1.54) is 6.92 Å². The largest absolute Gasteiger partial charge is 0.480 e. The molecule has 0 saturated carbocycles. The summed E-state index contributed by atoms with van der Waals surface area (Å²) in [6, 6.07) is -5.20. The summed E-state index contributed by atoms with van der Waals surface area (Å²) in [6.07, 6.45) is -1.80. The molecule has 4 amide bonds. The molecule has 9 N–H and O–H groups in total. The van der Waals surface area contributed by atoms with E-state index in [0.29, 0.717) is 0 Å². The number of hydrogen-bond acceptors (Lipinski definition) is 8. The van der Waals surface area contributed by atoms with Crippen LogP contribution in [-0.4, -0.2) is 75.8 Å². The summed E-state index contributed by atoms with van der Waals surface area (Å²) in [5.74, 6) is -4.88. The molecule has 0 spiro atoms. The van der Waals surface area contributed by atoms with E-state index in [1.807, 2.05) is 0 Å². The fourth-order valence-corrected chi connectivity index (χ4v) is 2.56. The van der Waals surface area contributed by atoms with E-state index in [4.69, 9.17) is 16.6 Å². The monoisotopic (exact) mass is 449 g/mol. The number of aliphatic hydroxyl groups excluding tert-OH is 1. The van der Waals surface area contributed by atoms with Crippen LogP contribution in [0.5, 0.6) is 0 Å². The van der Waals surface area contributed by atoms with Crippen molar-refractivity contribution in [2.45, 2.75) is 63.9 Å². The van der Waals surface area contributed by atoms with E-state index in [-0.39, 0.29) is 18.1 Å². The van der Waals surface area contributed by atoms with Gasteiger partial charge in [0, 0.05) is 5.75 Å². The number of hydrogen-bond donors (Lipinski definition) is 8. The molecule has 0 fully saturated rings. The summed E-state index contributed by atoms with van der Waals surface area (Å²) >= 11 is 3.88. The average molecular weight is 450 g/mol. The van der Waals surface area contributed by atoms with Gasteiger partial charge in [0.2, 0.25) is 23.6 Å². The predicted octanol–water partition coefficient (Wildman–Crippen LogP) is -2.92. The number of aliphatic hydroxyl groups is 1. The maximum absolute atomic E-state index is 12.6. The topological polar surface area (TPSA) is 214 Å². The molecule has 13 heteroatoms. The molecule has 0 aromatic rings. The molecule has 5 atom stereocenters. The van der Waals surface area contributed by atoms with Crippen molar-refractivity contribution in [1.82, 2.24) is 16.0 Å². The van der Waals surface area contributed by atoms with Gasteiger partial charge in [0.25, 0.3) is 0 Å². The van der Waals surface area contributed by atoms with Crippen molar-refractivity contribution in [1.29, 1.82) is 0 Å². The Hall–Kier alpha value is -2.38. The summed E-state index contributed by atoms with van der Waals surface area (Å²) in [6.45, 7) is 4.73. The van der Waals surface area contributed by atoms with Crippen molar-refractivity contribution in [3.8, 4) is 0 Å². The molecule has 0 bridgehead atoms. The number of carboxylic acid groups (broad SMARTS) is 1. The molecule has 5 unspecified atom stereocenters. The highest BCUT2D eigenvalue weighted by molar-refractivity contribution is 7.80. The van der Waals surface area contributed by atoms with Gasteiger partial charge in [-0.05, 0) is 19.3 Å². The maximum Gasteiger partial charge on any atom is 0.328 e.